The Morgan fingerprint density at radius 1 is 0.850 bits per heavy atom. The molecule has 2 heterocycles. The lowest BCUT2D eigenvalue weighted by Crippen LogP contribution is -2.58. The third-order valence-electron chi connectivity index (χ3n) is 7.82. The molecule has 4 atom stereocenters. The van der Waals surface area contributed by atoms with Crippen molar-refractivity contribution >= 4 is 86.6 Å². The van der Waals surface area contributed by atoms with Gasteiger partial charge in [0.1, 0.15) is 24.7 Å². The number of nitrogens with zero attached hydrogens (tertiary/aromatic N) is 6. The standard InChI is InChI=1S/C30H48N14O13S3/c31-28(32)34-9-4-6-18(25(51)38-20(12-24(49)50)26(52)35-17(15-58)14-57-54)37-27(53)19(11-23(47)48)36-21(45)7-1-2-10-44-13-16(40-43-44)5-3-8-22(46)39-29-41-42-30(59-29)60(33,55)56/h13,17-20,54,58H,1-12,14-15H2,(H,35,52)(H,36,45)(H,37,53)(H,38,51)(H,47,48)(H,49,50)(H4,31,32,34)(H2,33,55,56)(H,39,41,46)/t17-,18+,19+,20+/m1/s1. The maximum Gasteiger partial charge on any atom is 0.305 e. The van der Waals surface area contributed by atoms with Gasteiger partial charge in [-0.3, -0.25) is 48.5 Å². The smallest absolute Gasteiger partial charge is 0.305 e. The summed E-state index contributed by atoms with van der Waals surface area (Å²) < 4.78 is 23.7. The van der Waals surface area contributed by atoms with Crippen molar-refractivity contribution in [3.8, 4) is 0 Å². The van der Waals surface area contributed by atoms with E-state index >= 15 is 0 Å². The Morgan fingerprint density at radius 2 is 1.47 bits per heavy atom. The molecule has 5 amide bonds. The van der Waals surface area contributed by atoms with Gasteiger partial charge in [-0.15, -0.1) is 15.3 Å². The highest BCUT2D eigenvalue weighted by molar-refractivity contribution is 7.91. The van der Waals surface area contributed by atoms with Crippen LogP contribution in [-0.4, -0.2) is 140 Å². The number of thiol groups is 1. The summed E-state index contributed by atoms with van der Waals surface area (Å²) in [5.41, 5.74) is 11.3. The molecule has 0 saturated heterocycles. The molecule has 0 bridgehead atoms. The number of aromatic nitrogens is 5. The number of amides is 5. The van der Waals surface area contributed by atoms with Crippen LogP contribution in [0.25, 0.3) is 0 Å². The number of unbranched alkanes of at least 4 members (excludes halogenated alkanes) is 1. The van der Waals surface area contributed by atoms with Gasteiger partial charge >= 0.3 is 11.9 Å². The van der Waals surface area contributed by atoms with Crippen LogP contribution in [0, 0.1) is 0 Å². The van der Waals surface area contributed by atoms with Crippen LogP contribution >= 0.6 is 24.0 Å². The molecule has 0 fully saturated rings. The minimum absolute atomic E-state index is 0.00220. The Morgan fingerprint density at radius 3 is 2.07 bits per heavy atom. The first-order chi connectivity index (χ1) is 28.3. The van der Waals surface area contributed by atoms with Gasteiger partial charge in [0.25, 0.3) is 10.0 Å². The first-order valence-electron chi connectivity index (χ1n) is 17.9. The molecule has 0 unspecified atom stereocenters. The highest BCUT2D eigenvalue weighted by atomic mass is 32.2. The highest BCUT2D eigenvalue weighted by Crippen LogP contribution is 2.19. The highest BCUT2D eigenvalue weighted by Gasteiger charge is 2.32. The lowest BCUT2D eigenvalue weighted by atomic mass is 10.1. The number of carbonyl (C=O) groups is 7. The number of carboxylic acid groups (broad SMARTS) is 2. The Balaban J connectivity index is 1.95. The van der Waals surface area contributed by atoms with Crippen molar-refractivity contribution in [1.82, 2.24) is 46.5 Å². The van der Waals surface area contributed by atoms with Gasteiger partial charge < -0.3 is 48.3 Å². The summed E-state index contributed by atoms with van der Waals surface area (Å²) in [4.78, 5) is 95.6. The number of nitrogens with one attached hydrogen (secondary N) is 5. The molecule has 334 valence electrons. The van der Waals surface area contributed by atoms with Crippen LogP contribution in [0.3, 0.4) is 0 Å². The fourth-order valence-corrected chi connectivity index (χ4v) is 6.54. The van der Waals surface area contributed by atoms with Crippen molar-refractivity contribution in [2.45, 2.75) is 99.3 Å². The van der Waals surface area contributed by atoms with Crippen LogP contribution in [-0.2, 0) is 61.4 Å². The zero-order valence-electron chi connectivity index (χ0n) is 31.9. The van der Waals surface area contributed by atoms with Crippen molar-refractivity contribution in [1.29, 1.82) is 0 Å². The molecular weight excluding hydrogens is 861 g/mol. The SMILES string of the molecule is NC(N)=NCCC[C@H](NC(=O)[C@H](CC(=O)O)NC(=O)CCCCn1cc(CCCC(=O)Nc2nnc(S(N)(=O)=O)s2)nn1)C(=O)N[C@@H](CC(=O)O)C(=O)N[C@@H](CS)COO. The van der Waals surface area contributed by atoms with E-state index in [4.69, 9.17) is 21.9 Å². The molecule has 0 aliphatic carbocycles. The number of rotatable bonds is 29. The third-order valence-corrected chi connectivity index (χ3v) is 10.4. The fourth-order valence-electron chi connectivity index (χ4n) is 4.99. The van der Waals surface area contributed by atoms with Crippen molar-refractivity contribution in [2.75, 3.05) is 24.2 Å². The summed E-state index contributed by atoms with van der Waals surface area (Å²) in [5.74, 6) is -7.36. The first kappa shape index (κ1) is 50.6. The minimum Gasteiger partial charge on any atom is -0.481 e. The first-order valence-corrected chi connectivity index (χ1v) is 20.9. The second-order valence-corrected chi connectivity index (χ2v) is 15.9. The quantitative estimate of drug-likeness (QED) is 0.00710. The number of hydrogen-bond donors (Lipinski definition) is 12. The molecular formula is C30H48N14O13S3. The van der Waals surface area contributed by atoms with E-state index in [-0.39, 0.29) is 55.5 Å². The van der Waals surface area contributed by atoms with Crippen LogP contribution < -0.4 is 43.2 Å². The number of anilines is 1. The molecule has 2 aromatic heterocycles. The van der Waals surface area contributed by atoms with Crippen LogP contribution in [0.1, 0.15) is 63.5 Å². The predicted molar refractivity (Wildman–Crippen MR) is 211 cm³/mol. The van der Waals surface area contributed by atoms with Crippen molar-refractivity contribution in [3.05, 3.63) is 11.9 Å². The van der Waals surface area contributed by atoms with Gasteiger partial charge in [0.05, 0.1) is 24.6 Å². The Bertz CT molecular complexity index is 1920. The number of primary sulfonamides is 1. The summed E-state index contributed by atoms with van der Waals surface area (Å²) in [7, 11) is -4.04. The van der Waals surface area contributed by atoms with Crippen molar-refractivity contribution in [2.24, 2.45) is 21.6 Å². The van der Waals surface area contributed by atoms with Crippen LogP contribution in [0.4, 0.5) is 5.13 Å². The molecule has 0 aliphatic heterocycles. The van der Waals surface area contributed by atoms with E-state index in [9.17, 15) is 52.2 Å². The van der Waals surface area contributed by atoms with Gasteiger partial charge in [0.2, 0.25) is 39.0 Å². The maximum absolute atomic E-state index is 13.4. The maximum atomic E-state index is 13.4. The topological polar surface area (TPSA) is 431 Å². The van der Waals surface area contributed by atoms with Crippen LogP contribution in [0.15, 0.2) is 15.5 Å². The zero-order chi connectivity index (χ0) is 44.8. The number of hydrogen-bond acceptors (Lipinski definition) is 18. The van der Waals surface area contributed by atoms with E-state index in [1.54, 1.807) is 6.20 Å². The number of guanidine groups is 1. The molecule has 2 aromatic rings. The van der Waals surface area contributed by atoms with Crippen molar-refractivity contribution in [3.63, 3.8) is 0 Å². The molecule has 0 aliphatic rings. The summed E-state index contributed by atoms with van der Waals surface area (Å²) in [6, 6.07) is -5.67. The molecule has 2 rings (SSSR count). The van der Waals surface area contributed by atoms with Gasteiger partial charge in [0.15, 0.2) is 5.96 Å². The van der Waals surface area contributed by atoms with Gasteiger partial charge in [-0.25, -0.2) is 18.4 Å². The summed E-state index contributed by atoms with van der Waals surface area (Å²) in [6.07, 6.45) is 1.21. The van der Waals surface area contributed by atoms with E-state index in [1.807, 2.05) is 0 Å². The molecule has 0 aromatic carbocycles. The Kier molecular flexibility index (Phi) is 21.8. The number of carbonyl (C=O) groups excluding carboxylic acids is 5. The van der Waals surface area contributed by atoms with Crippen molar-refractivity contribution < 1.29 is 62.3 Å². The summed E-state index contributed by atoms with van der Waals surface area (Å²) in [6.45, 7) is -0.0628. The van der Waals surface area contributed by atoms with E-state index < -0.39 is 99.5 Å². The molecule has 14 N–H and O–H groups in total. The number of aryl methyl sites for hydroxylation is 2. The summed E-state index contributed by atoms with van der Waals surface area (Å²) >= 11 is 4.63. The van der Waals surface area contributed by atoms with E-state index in [0.29, 0.717) is 42.8 Å². The van der Waals surface area contributed by atoms with Gasteiger partial charge in [0, 0.05) is 37.9 Å². The normalized spacial score (nSPS) is 13.2. The number of sulfonamides is 1. The molecule has 30 heteroatoms. The van der Waals surface area contributed by atoms with Gasteiger partial charge in [-0.2, -0.15) is 12.6 Å². The molecule has 60 heavy (non-hydrogen) atoms. The summed E-state index contributed by atoms with van der Waals surface area (Å²) in [5, 5.41) is 59.3. The predicted octanol–water partition coefficient (Wildman–Crippen LogP) is -3.73. The number of nitrogens with two attached hydrogens (primary N) is 3. The van der Waals surface area contributed by atoms with E-state index in [1.165, 1.54) is 4.68 Å². The number of aliphatic carboxylic acids is 2. The minimum atomic E-state index is -4.04. The van der Waals surface area contributed by atoms with Crippen LogP contribution in [0.2, 0.25) is 0 Å². The Hall–Kier alpha value is -5.56. The lowest BCUT2D eigenvalue weighted by molar-refractivity contribution is -0.245. The number of aliphatic imine (C=N–C) groups is 1. The lowest BCUT2D eigenvalue weighted by Gasteiger charge is -2.25. The third kappa shape index (κ3) is 19.9. The Labute approximate surface area is 351 Å². The van der Waals surface area contributed by atoms with Crippen LogP contribution in [0.5, 0.6) is 0 Å². The second kappa shape index (κ2) is 25.8. The average Bonchev–Trinajstić information content (AvgIpc) is 3.83. The largest absolute Gasteiger partial charge is 0.481 e. The molecule has 0 spiro atoms. The average molecular weight is 909 g/mol. The molecule has 27 nitrogen and oxygen atoms in total. The van der Waals surface area contributed by atoms with E-state index in [2.05, 4.69) is 69.6 Å². The second-order valence-electron chi connectivity index (χ2n) is 12.8. The van der Waals surface area contributed by atoms with Gasteiger partial charge in [-0.05, 0) is 38.5 Å². The molecule has 0 radical (unpaired) electrons. The molecule has 0 saturated carbocycles. The number of carboxylic acids is 2. The van der Waals surface area contributed by atoms with Gasteiger partial charge in [-0.1, -0.05) is 16.6 Å². The monoisotopic (exact) mass is 908 g/mol. The van der Waals surface area contributed by atoms with E-state index in [0.717, 1.165) is 0 Å². The fraction of sp³-hybridized carbons (Fsp3) is 0.600. The zero-order valence-corrected chi connectivity index (χ0v) is 34.4.